The van der Waals surface area contributed by atoms with Gasteiger partial charge >= 0.3 is 0 Å². The van der Waals surface area contributed by atoms with Crippen LogP contribution in [0.3, 0.4) is 0 Å². The molecular weight excluding hydrogens is 204 g/mol. The summed E-state index contributed by atoms with van der Waals surface area (Å²) in [6, 6.07) is 0. The molecule has 0 spiro atoms. The van der Waals surface area contributed by atoms with Crippen LogP contribution in [0.2, 0.25) is 0 Å². The summed E-state index contributed by atoms with van der Waals surface area (Å²) < 4.78 is 0. The highest BCUT2D eigenvalue weighted by molar-refractivity contribution is 5.77. The van der Waals surface area contributed by atoms with Gasteiger partial charge in [0.05, 0.1) is 6.54 Å². The molecule has 94 valence electrons. The van der Waals surface area contributed by atoms with Crippen LogP contribution in [0, 0.1) is 0 Å². The predicted octanol–water partition coefficient (Wildman–Crippen LogP) is -0.959. The molecule has 0 aromatic carbocycles. The lowest BCUT2D eigenvalue weighted by molar-refractivity contribution is -0.131. The van der Waals surface area contributed by atoms with Gasteiger partial charge in [-0.2, -0.15) is 0 Å². The fourth-order valence-corrected chi connectivity index (χ4v) is 1.77. The molecule has 1 saturated heterocycles. The van der Waals surface area contributed by atoms with E-state index in [1.807, 2.05) is 7.05 Å². The first-order valence-corrected chi connectivity index (χ1v) is 5.98. The molecule has 1 heterocycles. The Morgan fingerprint density at radius 3 is 2.50 bits per heavy atom. The van der Waals surface area contributed by atoms with Crippen LogP contribution in [0.5, 0.6) is 0 Å². The Balaban J connectivity index is 2.22. The van der Waals surface area contributed by atoms with E-state index in [-0.39, 0.29) is 5.91 Å². The van der Waals surface area contributed by atoms with Gasteiger partial charge in [0, 0.05) is 39.8 Å². The summed E-state index contributed by atoms with van der Waals surface area (Å²) in [4.78, 5) is 18.1. The molecule has 16 heavy (non-hydrogen) atoms. The quantitative estimate of drug-likeness (QED) is 0.658. The summed E-state index contributed by atoms with van der Waals surface area (Å²) in [5, 5.41) is 0. The minimum Gasteiger partial charge on any atom is -0.345 e. The van der Waals surface area contributed by atoms with Crippen LogP contribution in [-0.2, 0) is 4.79 Å². The Bertz CT molecular complexity index is 214. The van der Waals surface area contributed by atoms with Crippen molar-refractivity contribution in [1.29, 1.82) is 0 Å². The van der Waals surface area contributed by atoms with Crippen LogP contribution in [0.25, 0.3) is 0 Å². The highest BCUT2D eigenvalue weighted by Gasteiger charge is 2.18. The Kier molecular flexibility index (Phi) is 5.73. The van der Waals surface area contributed by atoms with Crippen molar-refractivity contribution in [2.75, 3.05) is 59.9 Å². The zero-order chi connectivity index (χ0) is 12.0. The highest BCUT2D eigenvalue weighted by Crippen LogP contribution is 2.00. The van der Waals surface area contributed by atoms with Crippen molar-refractivity contribution in [2.45, 2.75) is 6.42 Å². The minimum atomic E-state index is 0.206. The summed E-state index contributed by atoms with van der Waals surface area (Å²) in [6.45, 7) is 6.06. The molecule has 0 unspecified atom stereocenters. The summed E-state index contributed by atoms with van der Waals surface area (Å²) in [7, 11) is 3.97. The van der Waals surface area contributed by atoms with E-state index in [9.17, 15) is 4.79 Å². The maximum Gasteiger partial charge on any atom is 0.236 e. The van der Waals surface area contributed by atoms with E-state index in [1.54, 1.807) is 4.90 Å². The van der Waals surface area contributed by atoms with Gasteiger partial charge in [-0.3, -0.25) is 9.69 Å². The molecule has 0 atom stereocenters. The van der Waals surface area contributed by atoms with E-state index in [0.717, 1.165) is 39.1 Å². The minimum absolute atomic E-state index is 0.206. The number of likely N-dealkylation sites (N-methyl/N-ethyl adjacent to an activating group) is 2. The number of amides is 1. The van der Waals surface area contributed by atoms with Crippen molar-refractivity contribution in [3.8, 4) is 0 Å². The third kappa shape index (κ3) is 4.47. The molecule has 1 aliphatic rings. The van der Waals surface area contributed by atoms with E-state index < -0.39 is 0 Å². The lowest BCUT2D eigenvalue weighted by Gasteiger charge is -2.32. The first kappa shape index (κ1) is 13.4. The number of carbonyl (C=O) groups excluding carboxylic acids is 1. The smallest absolute Gasteiger partial charge is 0.236 e. The number of piperazine rings is 1. The summed E-state index contributed by atoms with van der Waals surface area (Å²) in [6.07, 6.45) is 0.880. The zero-order valence-corrected chi connectivity index (χ0v) is 10.5. The number of hydrogen-bond donors (Lipinski definition) is 1. The second kappa shape index (κ2) is 6.83. The number of nitrogens with two attached hydrogens (primary N) is 1. The average molecular weight is 228 g/mol. The topological polar surface area (TPSA) is 52.8 Å². The fraction of sp³-hybridized carbons (Fsp3) is 0.909. The molecule has 0 aromatic heterocycles. The monoisotopic (exact) mass is 228 g/mol. The molecule has 5 nitrogen and oxygen atoms in total. The van der Waals surface area contributed by atoms with Gasteiger partial charge in [0.1, 0.15) is 0 Å². The van der Waals surface area contributed by atoms with Gasteiger partial charge in [0.25, 0.3) is 0 Å². The summed E-state index contributed by atoms with van der Waals surface area (Å²) in [5.41, 5.74) is 5.42. The van der Waals surface area contributed by atoms with Crippen LogP contribution in [-0.4, -0.2) is 80.5 Å². The lowest BCUT2D eigenvalue weighted by atomic mass is 10.3. The molecule has 5 heteroatoms. The maximum absolute atomic E-state index is 11.8. The third-order valence-electron chi connectivity index (χ3n) is 3.08. The number of nitrogens with zero attached hydrogens (tertiary/aromatic N) is 3. The second-order valence-electron chi connectivity index (χ2n) is 4.54. The summed E-state index contributed by atoms with van der Waals surface area (Å²) >= 11 is 0. The second-order valence-corrected chi connectivity index (χ2v) is 4.54. The zero-order valence-electron chi connectivity index (χ0n) is 10.5. The van der Waals surface area contributed by atoms with Crippen molar-refractivity contribution >= 4 is 5.91 Å². The fourth-order valence-electron chi connectivity index (χ4n) is 1.77. The Morgan fingerprint density at radius 1 is 1.31 bits per heavy atom. The van der Waals surface area contributed by atoms with Gasteiger partial charge in [-0.1, -0.05) is 0 Å². The van der Waals surface area contributed by atoms with Crippen LogP contribution < -0.4 is 5.73 Å². The van der Waals surface area contributed by atoms with Gasteiger partial charge < -0.3 is 15.5 Å². The van der Waals surface area contributed by atoms with Crippen LogP contribution in [0.15, 0.2) is 0 Å². The van der Waals surface area contributed by atoms with E-state index in [1.165, 1.54) is 0 Å². The Labute approximate surface area is 98.2 Å². The largest absolute Gasteiger partial charge is 0.345 e. The predicted molar refractivity (Wildman–Crippen MR) is 65.2 cm³/mol. The maximum atomic E-state index is 11.8. The molecule has 0 aliphatic carbocycles. The molecule has 2 N–H and O–H groups in total. The Hall–Kier alpha value is -0.650. The van der Waals surface area contributed by atoms with E-state index in [4.69, 9.17) is 5.73 Å². The van der Waals surface area contributed by atoms with Gasteiger partial charge in [0.15, 0.2) is 0 Å². The van der Waals surface area contributed by atoms with Gasteiger partial charge in [-0.25, -0.2) is 0 Å². The molecular formula is C11H24N4O. The molecule has 1 fully saturated rings. The van der Waals surface area contributed by atoms with E-state index >= 15 is 0 Å². The van der Waals surface area contributed by atoms with Crippen molar-refractivity contribution in [3.05, 3.63) is 0 Å². The van der Waals surface area contributed by atoms with Crippen LogP contribution in [0.4, 0.5) is 0 Å². The van der Waals surface area contributed by atoms with E-state index in [0.29, 0.717) is 13.1 Å². The van der Waals surface area contributed by atoms with Crippen LogP contribution >= 0.6 is 0 Å². The molecule has 0 radical (unpaired) electrons. The summed E-state index contributed by atoms with van der Waals surface area (Å²) in [5.74, 6) is 0.206. The van der Waals surface area contributed by atoms with Gasteiger partial charge in [0.2, 0.25) is 5.91 Å². The molecule has 1 amide bonds. The number of rotatable bonds is 5. The molecule has 1 rings (SSSR count). The Morgan fingerprint density at radius 2 is 1.94 bits per heavy atom. The van der Waals surface area contributed by atoms with E-state index in [2.05, 4.69) is 16.8 Å². The SMILES string of the molecule is CN1CCN(CC(=O)N(C)CCCN)CC1. The first-order chi connectivity index (χ1) is 7.63. The molecule has 1 aliphatic heterocycles. The van der Waals surface area contributed by atoms with Crippen molar-refractivity contribution in [3.63, 3.8) is 0 Å². The third-order valence-corrected chi connectivity index (χ3v) is 3.08. The molecule has 0 saturated carbocycles. The highest BCUT2D eigenvalue weighted by atomic mass is 16.2. The molecule has 0 bridgehead atoms. The van der Waals surface area contributed by atoms with Crippen molar-refractivity contribution < 1.29 is 4.79 Å². The number of hydrogen-bond acceptors (Lipinski definition) is 4. The van der Waals surface area contributed by atoms with Crippen molar-refractivity contribution in [1.82, 2.24) is 14.7 Å². The normalized spacial score (nSPS) is 18.7. The number of carbonyl (C=O) groups is 1. The first-order valence-electron chi connectivity index (χ1n) is 5.98. The standard InChI is InChI=1S/C11H24N4O/c1-13-6-8-15(9-7-13)10-11(16)14(2)5-3-4-12/h3-10,12H2,1-2H3. The van der Waals surface area contributed by atoms with Crippen molar-refractivity contribution in [2.24, 2.45) is 5.73 Å². The van der Waals surface area contributed by atoms with Gasteiger partial charge in [-0.15, -0.1) is 0 Å². The van der Waals surface area contributed by atoms with Crippen LogP contribution in [0.1, 0.15) is 6.42 Å². The average Bonchev–Trinajstić information content (AvgIpc) is 2.29. The molecule has 0 aromatic rings. The lowest BCUT2D eigenvalue weighted by Crippen LogP contribution is -2.48. The van der Waals surface area contributed by atoms with Gasteiger partial charge in [-0.05, 0) is 20.0 Å².